The lowest BCUT2D eigenvalue weighted by Gasteiger charge is -2.15. The highest BCUT2D eigenvalue weighted by Crippen LogP contribution is 2.06. The Kier molecular flexibility index (Phi) is 5.76. The van der Waals surface area contributed by atoms with Crippen LogP contribution in [0.1, 0.15) is 26.2 Å². The molecule has 1 atom stereocenters. The van der Waals surface area contributed by atoms with Crippen LogP contribution in [0.2, 0.25) is 0 Å². The first kappa shape index (κ1) is 13.8. The smallest absolute Gasteiger partial charge is 0.325 e. The highest BCUT2D eigenvalue weighted by atomic mass is 16.4. The number of nitrogens with zero attached hydrogens (tertiary/aromatic N) is 1. The van der Waals surface area contributed by atoms with Crippen LogP contribution in [0.3, 0.4) is 0 Å². The zero-order valence-electron chi connectivity index (χ0n) is 10.2. The van der Waals surface area contributed by atoms with Gasteiger partial charge in [-0.15, -0.1) is 0 Å². The fourth-order valence-corrected chi connectivity index (χ4v) is 1.82. The van der Waals surface area contributed by atoms with Crippen molar-refractivity contribution in [3.63, 3.8) is 0 Å². The Morgan fingerprint density at radius 1 is 1.35 bits per heavy atom. The molecule has 1 heterocycles. The van der Waals surface area contributed by atoms with Crippen molar-refractivity contribution in [3.8, 4) is 0 Å². The number of hydrogen-bond donors (Lipinski definition) is 3. The van der Waals surface area contributed by atoms with Crippen LogP contribution in [0.25, 0.3) is 0 Å². The van der Waals surface area contributed by atoms with E-state index in [1.165, 1.54) is 19.8 Å². The molecule has 0 radical (unpaired) electrons. The van der Waals surface area contributed by atoms with Gasteiger partial charge in [-0.05, 0) is 45.8 Å². The summed E-state index contributed by atoms with van der Waals surface area (Å²) in [5, 5.41) is 13.6. The molecule has 0 aromatic rings. The van der Waals surface area contributed by atoms with Crippen molar-refractivity contribution < 1.29 is 14.7 Å². The molecule has 17 heavy (non-hydrogen) atoms. The lowest BCUT2D eigenvalue weighted by Crippen LogP contribution is -2.44. The zero-order valence-corrected chi connectivity index (χ0v) is 10.2. The van der Waals surface area contributed by atoms with Crippen molar-refractivity contribution in [3.05, 3.63) is 0 Å². The molecule has 2 amide bonds. The van der Waals surface area contributed by atoms with Crippen LogP contribution in [0.15, 0.2) is 0 Å². The molecule has 0 spiro atoms. The summed E-state index contributed by atoms with van der Waals surface area (Å²) in [6.07, 6.45) is 3.43. The predicted octanol–water partition coefficient (Wildman–Crippen LogP) is 0.245. The van der Waals surface area contributed by atoms with Gasteiger partial charge in [-0.2, -0.15) is 0 Å². The Bertz CT molecular complexity index is 265. The van der Waals surface area contributed by atoms with Gasteiger partial charge >= 0.3 is 12.0 Å². The summed E-state index contributed by atoms with van der Waals surface area (Å²) in [5.41, 5.74) is 0. The molecule has 6 heteroatoms. The molecule has 0 aromatic heterocycles. The van der Waals surface area contributed by atoms with Crippen LogP contribution in [-0.4, -0.2) is 54.2 Å². The lowest BCUT2D eigenvalue weighted by atomic mass is 10.3. The molecule has 1 fully saturated rings. The molecule has 0 aromatic carbocycles. The number of carbonyl (C=O) groups is 2. The Balaban J connectivity index is 2.01. The Morgan fingerprint density at radius 3 is 2.59 bits per heavy atom. The van der Waals surface area contributed by atoms with Gasteiger partial charge in [-0.3, -0.25) is 4.79 Å². The van der Waals surface area contributed by atoms with E-state index < -0.39 is 18.0 Å². The van der Waals surface area contributed by atoms with Crippen molar-refractivity contribution in [2.75, 3.05) is 26.2 Å². The van der Waals surface area contributed by atoms with Gasteiger partial charge in [0, 0.05) is 6.54 Å². The standard InChI is InChI=1S/C11H21N3O3/c1-9(10(15)16)13-11(17)12-5-4-8-14-6-2-3-7-14/h9H,2-8H2,1H3,(H,15,16)(H2,12,13,17)/t9-/m0/s1. The second-order valence-corrected chi connectivity index (χ2v) is 4.36. The summed E-state index contributed by atoms with van der Waals surface area (Å²) in [7, 11) is 0. The minimum Gasteiger partial charge on any atom is -0.480 e. The third-order valence-corrected chi connectivity index (χ3v) is 2.85. The summed E-state index contributed by atoms with van der Waals surface area (Å²) in [6, 6.07) is -1.27. The van der Waals surface area contributed by atoms with Crippen LogP contribution in [0.4, 0.5) is 4.79 Å². The van der Waals surface area contributed by atoms with E-state index in [0.717, 1.165) is 26.1 Å². The molecule has 6 nitrogen and oxygen atoms in total. The number of carbonyl (C=O) groups excluding carboxylic acids is 1. The number of aliphatic carboxylic acids is 1. The van der Waals surface area contributed by atoms with E-state index in [2.05, 4.69) is 15.5 Å². The van der Waals surface area contributed by atoms with Gasteiger partial charge < -0.3 is 20.6 Å². The van der Waals surface area contributed by atoms with Crippen LogP contribution < -0.4 is 10.6 Å². The summed E-state index contributed by atoms with van der Waals surface area (Å²) in [6.45, 7) is 5.32. The van der Waals surface area contributed by atoms with Gasteiger partial charge in [-0.25, -0.2) is 4.79 Å². The fraction of sp³-hybridized carbons (Fsp3) is 0.818. The third-order valence-electron chi connectivity index (χ3n) is 2.85. The van der Waals surface area contributed by atoms with E-state index >= 15 is 0 Å². The normalized spacial score (nSPS) is 17.7. The van der Waals surface area contributed by atoms with Gasteiger partial charge in [0.1, 0.15) is 6.04 Å². The molecule has 0 unspecified atom stereocenters. The molecule has 1 aliphatic rings. The number of hydrogen-bond acceptors (Lipinski definition) is 3. The second kappa shape index (κ2) is 7.11. The maximum absolute atomic E-state index is 11.3. The van der Waals surface area contributed by atoms with Gasteiger partial charge in [0.05, 0.1) is 0 Å². The van der Waals surface area contributed by atoms with Crippen LogP contribution in [-0.2, 0) is 4.79 Å². The highest BCUT2D eigenvalue weighted by Gasteiger charge is 2.13. The van der Waals surface area contributed by atoms with Crippen molar-refractivity contribution in [2.45, 2.75) is 32.2 Å². The number of likely N-dealkylation sites (tertiary alicyclic amines) is 1. The number of urea groups is 1. The van der Waals surface area contributed by atoms with Crippen LogP contribution in [0.5, 0.6) is 0 Å². The number of rotatable bonds is 6. The van der Waals surface area contributed by atoms with E-state index in [9.17, 15) is 9.59 Å². The van der Waals surface area contributed by atoms with Gasteiger partial charge in [-0.1, -0.05) is 0 Å². The van der Waals surface area contributed by atoms with E-state index in [0.29, 0.717) is 6.54 Å². The van der Waals surface area contributed by atoms with Gasteiger partial charge in [0.25, 0.3) is 0 Å². The SMILES string of the molecule is C[C@H](NC(=O)NCCCN1CCCC1)C(=O)O. The Morgan fingerprint density at radius 2 is 2.00 bits per heavy atom. The molecule has 0 aliphatic carbocycles. The second-order valence-electron chi connectivity index (χ2n) is 4.36. The summed E-state index contributed by atoms with van der Waals surface area (Å²) in [5.74, 6) is -1.03. The number of amides is 2. The summed E-state index contributed by atoms with van der Waals surface area (Å²) < 4.78 is 0. The molecule has 0 saturated carbocycles. The fourth-order valence-electron chi connectivity index (χ4n) is 1.82. The molecule has 98 valence electrons. The van der Waals surface area contributed by atoms with E-state index in [1.54, 1.807) is 0 Å². The van der Waals surface area contributed by atoms with Crippen molar-refractivity contribution in [2.24, 2.45) is 0 Å². The average Bonchev–Trinajstić information content (AvgIpc) is 2.77. The van der Waals surface area contributed by atoms with Crippen molar-refractivity contribution >= 4 is 12.0 Å². The lowest BCUT2D eigenvalue weighted by molar-refractivity contribution is -0.138. The molecule has 1 rings (SSSR count). The third kappa shape index (κ3) is 5.53. The monoisotopic (exact) mass is 243 g/mol. The quantitative estimate of drug-likeness (QED) is 0.584. The largest absolute Gasteiger partial charge is 0.480 e. The molecular formula is C11H21N3O3. The molecule has 3 N–H and O–H groups in total. The molecule has 1 aliphatic heterocycles. The van der Waals surface area contributed by atoms with E-state index in [4.69, 9.17) is 5.11 Å². The van der Waals surface area contributed by atoms with Crippen molar-refractivity contribution in [1.82, 2.24) is 15.5 Å². The Labute approximate surface area is 101 Å². The topological polar surface area (TPSA) is 81.7 Å². The maximum Gasteiger partial charge on any atom is 0.325 e. The molecule has 0 bridgehead atoms. The number of carboxylic acid groups (broad SMARTS) is 1. The average molecular weight is 243 g/mol. The maximum atomic E-state index is 11.3. The molecular weight excluding hydrogens is 222 g/mol. The highest BCUT2D eigenvalue weighted by molar-refractivity contribution is 5.82. The first-order valence-corrected chi connectivity index (χ1v) is 6.09. The van der Waals surface area contributed by atoms with Crippen molar-refractivity contribution in [1.29, 1.82) is 0 Å². The summed E-state index contributed by atoms with van der Waals surface area (Å²) >= 11 is 0. The van der Waals surface area contributed by atoms with Crippen LogP contribution >= 0.6 is 0 Å². The number of carboxylic acids is 1. The minimum atomic E-state index is -1.03. The summed E-state index contributed by atoms with van der Waals surface area (Å²) in [4.78, 5) is 24.1. The van der Waals surface area contributed by atoms with E-state index in [-0.39, 0.29) is 0 Å². The minimum absolute atomic E-state index is 0.415. The number of nitrogens with one attached hydrogen (secondary N) is 2. The first-order valence-electron chi connectivity index (χ1n) is 6.09. The first-order chi connectivity index (χ1) is 8.09. The van der Waals surface area contributed by atoms with Gasteiger partial charge in [0.15, 0.2) is 0 Å². The van der Waals surface area contributed by atoms with E-state index in [1.807, 2.05) is 0 Å². The predicted molar refractivity (Wildman–Crippen MR) is 63.9 cm³/mol. The van der Waals surface area contributed by atoms with Gasteiger partial charge in [0.2, 0.25) is 0 Å². The molecule has 1 saturated heterocycles. The van der Waals surface area contributed by atoms with Crippen LogP contribution in [0, 0.1) is 0 Å². The Hall–Kier alpha value is -1.30. The zero-order chi connectivity index (χ0) is 12.7.